The summed E-state index contributed by atoms with van der Waals surface area (Å²) in [6, 6.07) is 0. The van der Waals surface area contributed by atoms with Gasteiger partial charge in [0.15, 0.2) is 17.3 Å². The number of aliphatic hydroxyl groups is 3. The van der Waals surface area contributed by atoms with Gasteiger partial charge < -0.3 is 15.3 Å². The quantitative estimate of drug-likeness (QED) is 0.350. The van der Waals surface area contributed by atoms with Crippen molar-refractivity contribution in [3.05, 3.63) is 35.5 Å². The molecule has 0 rings (SSSR count). The molecule has 0 heterocycles. The summed E-state index contributed by atoms with van der Waals surface area (Å²) in [6.07, 6.45) is 5.25. The van der Waals surface area contributed by atoms with Gasteiger partial charge in [-0.3, -0.25) is 14.4 Å². The first-order valence-electron chi connectivity index (χ1n) is 7.70. The molecule has 0 spiro atoms. The molecule has 0 aromatic heterocycles. The van der Waals surface area contributed by atoms with Crippen LogP contribution in [0.2, 0.25) is 0 Å². The molecule has 0 atom stereocenters. The molecule has 0 amide bonds. The van der Waals surface area contributed by atoms with Crippen LogP contribution >= 0.6 is 0 Å². The molecule has 0 unspecified atom stereocenters. The minimum atomic E-state index is -0.107. The Hall–Kier alpha value is -1.85. The fourth-order valence-corrected chi connectivity index (χ4v) is 1.01. The molecule has 6 nitrogen and oxygen atoms in total. The van der Waals surface area contributed by atoms with Crippen molar-refractivity contribution >= 4 is 17.3 Å². The normalized spacial score (nSPS) is 11.0. The van der Waals surface area contributed by atoms with Gasteiger partial charge in [0.2, 0.25) is 0 Å². The summed E-state index contributed by atoms with van der Waals surface area (Å²) in [4.78, 5) is 30.5. The van der Waals surface area contributed by atoms with Gasteiger partial charge in [-0.15, -0.1) is 0 Å². The van der Waals surface area contributed by atoms with Gasteiger partial charge in [0.25, 0.3) is 0 Å². The van der Waals surface area contributed by atoms with Gasteiger partial charge in [-0.25, -0.2) is 0 Å². The molecule has 0 bridgehead atoms. The van der Waals surface area contributed by atoms with Crippen LogP contribution in [0.3, 0.4) is 0 Å². The van der Waals surface area contributed by atoms with Gasteiger partial charge in [0.05, 0.1) is 17.3 Å². The number of aliphatic hydroxyl groups excluding tert-OH is 3. The average Bonchev–Trinajstić information content (AvgIpc) is 2.46. The van der Waals surface area contributed by atoms with Crippen molar-refractivity contribution in [2.75, 3.05) is 0 Å². The monoisotopic (exact) mass is 398 g/mol. The Kier molecular flexibility index (Phi) is 25.0. The standard InChI is InChI=1S/3C6H10O2.Fe/c3*1-3-6(8)4-5(2)7;/h3*4,8H,3H2,1-2H3;/q;;;+3. The van der Waals surface area contributed by atoms with Crippen LogP contribution in [0.15, 0.2) is 35.5 Å². The molecule has 3 N–H and O–H groups in total. The summed E-state index contributed by atoms with van der Waals surface area (Å²) in [6.45, 7) is 9.59. The minimum absolute atomic E-state index is 0. The SMILES string of the molecule is CCC(O)=CC(C)=O.CCC(O)=CC(C)=O.CCC(O)=CC(C)=O.[Fe+3]. The zero-order chi connectivity index (χ0) is 19.7. The van der Waals surface area contributed by atoms with Crippen LogP contribution in [0.25, 0.3) is 0 Å². The topological polar surface area (TPSA) is 112 Å². The number of allylic oxidation sites excluding steroid dienone is 6. The van der Waals surface area contributed by atoms with E-state index >= 15 is 0 Å². The number of hydrogen-bond donors (Lipinski definition) is 3. The van der Waals surface area contributed by atoms with Gasteiger partial charge in [-0.05, 0) is 20.8 Å². The second-order valence-corrected chi connectivity index (χ2v) is 4.80. The average molecular weight is 398 g/mol. The van der Waals surface area contributed by atoms with E-state index in [0.717, 1.165) is 0 Å². The molecular formula is C18H30FeO6+3. The molecule has 0 aromatic rings. The van der Waals surface area contributed by atoms with Crippen molar-refractivity contribution in [1.29, 1.82) is 0 Å². The van der Waals surface area contributed by atoms with Crippen LogP contribution in [-0.4, -0.2) is 32.7 Å². The second-order valence-electron chi connectivity index (χ2n) is 4.80. The van der Waals surface area contributed by atoms with E-state index in [1.165, 1.54) is 39.0 Å². The Bertz CT molecular complexity index is 418. The Morgan fingerprint density at radius 2 is 0.760 bits per heavy atom. The Morgan fingerprint density at radius 3 is 0.800 bits per heavy atom. The van der Waals surface area contributed by atoms with Crippen molar-refractivity contribution in [1.82, 2.24) is 0 Å². The largest absolute Gasteiger partial charge is 3.00 e. The van der Waals surface area contributed by atoms with Gasteiger partial charge in [0, 0.05) is 37.5 Å². The van der Waals surface area contributed by atoms with Gasteiger partial charge in [-0.1, -0.05) is 20.8 Å². The van der Waals surface area contributed by atoms with Crippen LogP contribution in [-0.2, 0) is 31.5 Å². The summed E-state index contributed by atoms with van der Waals surface area (Å²) in [5.41, 5.74) is 0. The van der Waals surface area contributed by atoms with Crippen LogP contribution in [0, 0.1) is 0 Å². The molecule has 25 heavy (non-hydrogen) atoms. The first-order chi connectivity index (χ1) is 11.0. The van der Waals surface area contributed by atoms with E-state index in [4.69, 9.17) is 15.3 Å². The molecule has 1 radical (unpaired) electrons. The van der Waals surface area contributed by atoms with E-state index < -0.39 is 0 Å². The number of carbonyl (C=O) groups excluding carboxylic acids is 3. The summed E-state index contributed by atoms with van der Waals surface area (Å²) in [5.74, 6) is 0.130. The zero-order valence-electron chi connectivity index (χ0n) is 15.8. The summed E-state index contributed by atoms with van der Waals surface area (Å²) >= 11 is 0. The zero-order valence-corrected chi connectivity index (χ0v) is 16.9. The number of carbonyl (C=O) groups is 3. The van der Waals surface area contributed by atoms with E-state index in [1.54, 1.807) is 20.8 Å². The summed E-state index contributed by atoms with van der Waals surface area (Å²) in [5, 5.41) is 26.0. The van der Waals surface area contributed by atoms with Crippen LogP contribution in [0.4, 0.5) is 0 Å². The third-order valence-corrected chi connectivity index (χ3v) is 2.20. The van der Waals surface area contributed by atoms with E-state index in [-0.39, 0.29) is 51.7 Å². The maximum atomic E-state index is 10.2. The molecule has 143 valence electrons. The predicted octanol–water partition coefficient (Wildman–Crippen LogP) is 4.28. The number of hydrogen-bond acceptors (Lipinski definition) is 6. The molecule has 0 aliphatic rings. The van der Waals surface area contributed by atoms with Crippen molar-refractivity contribution in [3.8, 4) is 0 Å². The van der Waals surface area contributed by atoms with Gasteiger partial charge in [-0.2, -0.15) is 0 Å². The van der Waals surface area contributed by atoms with Crippen molar-refractivity contribution in [2.24, 2.45) is 0 Å². The van der Waals surface area contributed by atoms with E-state index in [1.807, 2.05) is 0 Å². The fraction of sp³-hybridized carbons (Fsp3) is 0.500. The molecular weight excluding hydrogens is 368 g/mol. The van der Waals surface area contributed by atoms with Crippen LogP contribution in [0.5, 0.6) is 0 Å². The predicted molar refractivity (Wildman–Crippen MR) is 95.1 cm³/mol. The third kappa shape index (κ3) is 34.5. The molecule has 0 aromatic carbocycles. The third-order valence-electron chi connectivity index (χ3n) is 2.20. The van der Waals surface area contributed by atoms with Crippen LogP contribution in [0.1, 0.15) is 60.8 Å². The van der Waals surface area contributed by atoms with Crippen molar-refractivity contribution in [3.63, 3.8) is 0 Å². The molecule has 0 saturated carbocycles. The van der Waals surface area contributed by atoms with E-state index in [9.17, 15) is 14.4 Å². The summed E-state index contributed by atoms with van der Waals surface area (Å²) in [7, 11) is 0. The Balaban J connectivity index is -0.000000130. The first-order valence-corrected chi connectivity index (χ1v) is 7.70. The number of ketones is 3. The maximum Gasteiger partial charge on any atom is 3.00 e. The summed E-state index contributed by atoms with van der Waals surface area (Å²) < 4.78 is 0. The molecule has 0 aliphatic heterocycles. The van der Waals surface area contributed by atoms with Crippen molar-refractivity contribution in [2.45, 2.75) is 60.8 Å². The van der Waals surface area contributed by atoms with Gasteiger partial charge >= 0.3 is 17.1 Å². The minimum Gasteiger partial charge on any atom is -0.512 e. The van der Waals surface area contributed by atoms with E-state index in [2.05, 4.69) is 0 Å². The van der Waals surface area contributed by atoms with Gasteiger partial charge in [0.1, 0.15) is 0 Å². The van der Waals surface area contributed by atoms with E-state index in [0.29, 0.717) is 19.3 Å². The fourth-order valence-electron chi connectivity index (χ4n) is 1.01. The maximum absolute atomic E-state index is 10.2. The van der Waals surface area contributed by atoms with Crippen LogP contribution < -0.4 is 0 Å². The Morgan fingerprint density at radius 1 is 0.600 bits per heavy atom. The second kappa shape index (κ2) is 20.2. The molecule has 0 aliphatic carbocycles. The molecule has 0 fully saturated rings. The first kappa shape index (κ1) is 31.0. The Labute approximate surface area is 160 Å². The van der Waals surface area contributed by atoms with Crippen molar-refractivity contribution < 1.29 is 46.8 Å². The molecule has 7 heteroatoms. The molecule has 0 saturated heterocycles. The number of rotatable bonds is 6. The smallest absolute Gasteiger partial charge is 0.512 e.